The molecular weight excluding hydrogens is 270 g/mol. The van der Waals surface area contributed by atoms with Gasteiger partial charge in [-0.2, -0.15) is 0 Å². The molecule has 5 heteroatoms. The Morgan fingerprint density at radius 2 is 1.95 bits per heavy atom. The lowest BCUT2D eigenvalue weighted by Gasteiger charge is -2.18. The standard InChI is InChI=1S/C16H23NO4/c1-11(2)8-14(16(19)21-4)17-15(18)10-12-6-5-7-13(9-12)20-3/h5-7,9,11,14H,8,10H2,1-4H3,(H,17,18)/t14-/m0/s1. The second-order valence-electron chi connectivity index (χ2n) is 5.30. The van der Waals surface area contributed by atoms with Crippen molar-refractivity contribution in [2.75, 3.05) is 14.2 Å². The van der Waals surface area contributed by atoms with Gasteiger partial charge in [0.1, 0.15) is 11.8 Å². The van der Waals surface area contributed by atoms with Gasteiger partial charge in [0.05, 0.1) is 20.6 Å². The van der Waals surface area contributed by atoms with Crippen molar-refractivity contribution >= 4 is 11.9 Å². The zero-order valence-corrected chi connectivity index (χ0v) is 13.0. The lowest BCUT2D eigenvalue weighted by atomic mass is 10.0. The second kappa shape index (κ2) is 8.29. The van der Waals surface area contributed by atoms with Crippen molar-refractivity contribution in [1.29, 1.82) is 0 Å². The lowest BCUT2D eigenvalue weighted by Crippen LogP contribution is -2.43. The maximum absolute atomic E-state index is 12.1. The molecule has 0 aliphatic carbocycles. The Hall–Kier alpha value is -2.04. The Morgan fingerprint density at radius 1 is 1.24 bits per heavy atom. The van der Waals surface area contributed by atoms with Crippen LogP contribution in [0.15, 0.2) is 24.3 Å². The number of carbonyl (C=O) groups is 2. The van der Waals surface area contributed by atoms with Gasteiger partial charge in [-0.05, 0) is 30.0 Å². The van der Waals surface area contributed by atoms with E-state index in [1.807, 2.05) is 32.0 Å². The Bertz CT molecular complexity index is 485. The summed E-state index contributed by atoms with van der Waals surface area (Å²) in [5.41, 5.74) is 0.833. The van der Waals surface area contributed by atoms with Crippen molar-refractivity contribution in [1.82, 2.24) is 5.32 Å². The zero-order valence-electron chi connectivity index (χ0n) is 13.0. The van der Waals surface area contributed by atoms with Crippen LogP contribution in [0.5, 0.6) is 5.75 Å². The molecule has 0 radical (unpaired) electrons. The summed E-state index contributed by atoms with van der Waals surface area (Å²) >= 11 is 0. The summed E-state index contributed by atoms with van der Waals surface area (Å²) in [6.07, 6.45) is 0.749. The van der Waals surface area contributed by atoms with E-state index in [1.54, 1.807) is 13.2 Å². The van der Waals surface area contributed by atoms with Crippen molar-refractivity contribution < 1.29 is 19.1 Å². The molecule has 1 aromatic carbocycles. The van der Waals surface area contributed by atoms with E-state index in [4.69, 9.17) is 9.47 Å². The maximum Gasteiger partial charge on any atom is 0.328 e. The van der Waals surface area contributed by atoms with Gasteiger partial charge in [-0.3, -0.25) is 4.79 Å². The van der Waals surface area contributed by atoms with E-state index in [-0.39, 0.29) is 18.2 Å². The van der Waals surface area contributed by atoms with E-state index >= 15 is 0 Å². The normalized spacial score (nSPS) is 11.9. The van der Waals surface area contributed by atoms with Gasteiger partial charge in [0.25, 0.3) is 0 Å². The van der Waals surface area contributed by atoms with Gasteiger partial charge < -0.3 is 14.8 Å². The van der Waals surface area contributed by atoms with E-state index in [1.165, 1.54) is 7.11 Å². The molecule has 0 saturated heterocycles. The Labute approximate surface area is 125 Å². The third kappa shape index (κ3) is 5.85. The summed E-state index contributed by atoms with van der Waals surface area (Å²) in [5.74, 6) is 0.361. The highest BCUT2D eigenvalue weighted by molar-refractivity contribution is 5.85. The van der Waals surface area contributed by atoms with E-state index < -0.39 is 12.0 Å². The van der Waals surface area contributed by atoms with Crippen LogP contribution in [0.25, 0.3) is 0 Å². The van der Waals surface area contributed by atoms with Gasteiger partial charge in [-0.25, -0.2) is 4.79 Å². The molecule has 1 aromatic rings. The summed E-state index contributed by atoms with van der Waals surface area (Å²) in [6.45, 7) is 3.98. The van der Waals surface area contributed by atoms with Crippen LogP contribution in [0.4, 0.5) is 0 Å². The largest absolute Gasteiger partial charge is 0.497 e. The summed E-state index contributed by atoms with van der Waals surface area (Å²) in [5, 5.41) is 2.73. The molecule has 0 unspecified atom stereocenters. The molecule has 0 spiro atoms. The van der Waals surface area contributed by atoms with Crippen molar-refractivity contribution in [3.05, 3.63) is 29.8 Å². The van der Waals surface area contributed by atoms with Crippen LogP contribution >= 0.6 is 0 Å². The molecule has 1 amide bonds. The first-order valence-electron chi connectivity index (χ1n) is 6.96. The third-order valence-electron chi connectivity index (χ3n) is 3.03. The first kappa shape index (κ1) is 17.0. The number of methoxy groups -OCH3 is 2. The van der Waals surface area contributed by atoms with Gasteiger partial charge in [0.15, 0.2) is 0 Å². The van der Waals surface area contributed by atoms with Crippen LogP contribution in [0.3, 0.4) is 0 Å². The number of carbonyl (C=O) groups excluding carboxylic acids is 2. The predicted octanol–water partition coefficient (Wildman–Crippen LogP) is 1.94. The molecule has 0 saturated carbocycles. The predicted molar refractivity (Wildman–Crippen MR) is 80.1 cm³/mol. The summed E-state index contributed by atoms with van der Waals surface area (Å²) in [4.78, 5) is 23.7. The third-order valence-corrected chi connectivity index (χ3v) is 3.03. The van der Waals surface area contributed by atoms with Crippen LogP contribution in [-0.4, -0.2) is 32.1 Å². The molecule has 116 valence electrons. The minimum Gasteiger partial charge on any atom is -0.497 e. The quantitative estimate of drug-likeness (QED) is 0.780. The Morgan fingerprint density at radius 3 is 2.52 bits per heavy atom. The van der Waals surface area contributed by atoms with Crippen molar-refractivity contribution in [2.24, 2.45) is 5.92 Å². The van der Waals surface area contributed by atoms with E-state index in [9.17, 15) is 9.59 Å². The zero-order chi connectivity index (χ0) is 15.8. The van der Waals surface area contributed by atoms with Gasteiger partial charge in [0.2, 0.25) is 5.91 Å². The van der Waals surface area contributed by atoms with Crippen molar-refractivity contribution in [2.45, 2.75) is 32.7 Å². The van der Waals surface area contributed by atoms with Gasteiger partial charge in [-0.1, -0.05) is 26.0 Å². The number of nitrogens with one attached hydrogen (secondary N) is 1. The second-order valence-corrected chi connectivity index (χ2v) is 5.30. The smallest absolute Gasteiger partial charge is 0.328 e. The Kier molecular flexibility index (Phi) is 6.72. The van der Waals surface area contributed by atoms with Crippen LogP contribution < -0.4 is 10.1 Å². The number of hydrogen-bond donors (Lipinski definition) is 1. The van der Waals surface area contributed by atoms with Crippen LogP contribution in [0.2, 0.25) is 0 Å². The van der Waals surface area contributed by atoms with E-state index in [0.717, 1.165) is 5.56 Å². The first-order valence-corrected chi connectivity index (χ1v) is 6.96. The topological polar surface area (TPSA) is 64.6 Å². The Balaban J connectivity index is 2.66. The van der Waals surface area contributed by atoms with E-state index in [0.29, 0.717) is 12.2 Å². The monoisotopic (exact) mass is 293 g/mol. The SMILES string of the molecule is COC(=O)[C@H](CC(C)C)NC(=O)Cc1cccc(OC)c1. The number of benzene rings is 1. The van der Waals surface area contributed by atoms with Crippen molar-refractivity contribution in [3.8, 4) is 5.75 Å². The minimum absolute atomic E-state index is 0.197. The highest BCUT2D eigenvalue weighted by atomic mass is 16.5. The average Bonchev–Trinajstić information content (AvgIpc) is 2.45. The molecule has 0 heterocycles. The molecule has 0 aliphatic rings. The molecule has 0 aromatic heterocycles. The molecule has 5 nitrogen and oxygen atoms in total. The fourth-order valence-electron chi connectivity index (χ4n) is 2.04. The van der Waals surface area contributed by atoms with Crippen molar-refractivity contribution in [3.63, 3.8) is 0 Å². The highest BCUT2D eigenvalue weighted by Gasteiger charge is 2.22. The molecule has 1 rings (SSSR count). The summed E-state index contributed by atoms with van der Waals surface area (Å²) in [7, 11) is 2.90. The maximum atomic E-state index is 12.1. The van der Waals surface area contributed by atoms with Crippen LogP contribution in [-0.2, 0) is 20.7 Å². The van der Waals surface area contributed by atoms with Crippen LogP contribution in [0.1, 0.15) is 25.8 Å². The molecule has 1 N–H and O–H groups in total. The molecular formula is C16H23NO4. The molecule has 0 bridgehead atoms. The number of ether oxygens (including phenoxy) is 2. The highest BCUT2D eigenvalue weighted by Crippen LogP contribution is 2.13. The number of hydrogen-bond acceptors (Lipinski definition) is 4. The molecule has 0 fully saturated rings. The van der Waals surface area contributed by atoms with Gasteiger partial charge in [0, 0.05) is 0 Å². The van der Waals surface area contributed by atoms with Gasteiger partial charge >= 0.3 is 5.97 Å². The first-order chi connectivity index (χ1) is 9.96. The summed E-state index contributed by atoms with van der Waals surface area (Å²) in [6, 6.07) is 6.69. The average molecular weight is 293 g/mol. The number of esters is 1. The molecule has 21 heavy (non-hydrogen) atoms. The minimum atomic E-state index is -0.604. The van der Waals surface area contributed by atoms with E-state index in [2.05, 4.69) is 5.32 Å². The fraction of sp³-hybridized carbons (Fsp3) is 0.500. The van der Waals surface area contributed by atoms with Crippen LogP contribution in [0, 0.1) is 5.92 Å². The molecule has 0 aliphatic heterocycles. The van der Waals surface area contributed by atoms with Gasteiger partial charge in [-0.15, -0.1) is 0 Å². The fourth-order valence-corrected chi connectivity index (χ4v) is 2.04. The lowest BCUT2D eigenvalue weighted by molar-refractivity contribution is -0.145. The molecule has 1 atom stereocenters. The number of rotatable bonds is 7. The number of amides is 1. The summed E-state index contributed by atoms with van der Waals surface area (Å²) < 4.78 is 9.85.